The first kappa shape index (κ1) is 11.8. The van der Waals surface area contributed by atoms with Gasteiger partial charge in [-0.25, -0.2) is 4.98 Å². The van der Waals surface area contributed by atoms with Crippen LogP contribution >= 0.6 is 27.5 Å². The van der Waals surface area contributed by atoms with Gasteiger partial charge in [-0.2, -0.15) is 8.42 Å². The summed E-state index contributed by atoms with van der Waals surface area (Å²) in [6, 6.07) is 4.43. The normalized spacial score (nSPS) is 11.9. The third-order valence-electron chi connectivity index (χ3n) is 2.04. The van der Waals surface area contributed by atoms with Crippen LogP contribution in [0.4, 0.5) is 0 Å². The maximum absolute atomic E-state index is 11.2. The molecular weight excluding hydrogens is 318 g/mol. The molecular formula is C9H5BrClNO3S. The van der Waals surface area contributed by atoms with Crippen LogP contribution in [-0.4, -0.2) is 18.0 Å². The van der Waals surface area contributed by atoms with E-state index in [0.717, 1.165) is 0 Å². The lowest BCUT2D eigenvalue weighted by Gasteiger charge is -2.05. The van der Waals surface area contributed by atoms with E-state index in [-0.39, 0.29) is 10.0 Å². The average Bonchev–Trinajstić information content (AvgIpc) is 2.17. The van der Waals surface area contributed by atoms with Gasteiger partial charge in [0.25, 0.3) is 10.1 Å². The standard InChI is InChI=1S/C9H5BrClNO3S/c10-5-3-7-6(1-2-12-9(7)11)8(4-5)16(13,14)15/h1-4H,(H,13,14,15). The summed E-state index contributed by atoms with van der Waals surface area (Å²) in [7, 11) is -4.29. The molecule has 0 fully saturated rings. The van der Waals surface area contributed by atoms with Crippen LogP contribution in [0, 0.1) is 0 Å². The molecule has 1 heterocycles. The number of pyridine rings is 1. The quantitative estimate of drug-likeness (QED) is 0.647. The molecule has 0 saturated carbocycles. The van der Waals surface area contributed by atoms with Gasteiger partial charge in [0.15, 0.2) is 0 Å². The average molecular weight is 323 g/mol. The summed E-state index contributed by atoms with van der Waals surface area (Å²) < 4.78 is 32.0. The maximum atomic E-state index is 11.2. The lowest BCUT2D eigenvalue weighted by Crippen LogP contribution is -1.99. The maximum Gasteiger partial charge on any atom is 0.295 e. The lowest BCUT2D eigenvalue weighted by molar-refractivity contribution is 0.484. The van der Waals surface area contributed by atoms with E-state index in [1.54, 1.807) is 6.07 Å². The zero-order valence-electron chi connectivity index (χ0n) is 7.68. The van der Waals surface area contributed by atoms with Crippen molar-refractivity contribution in [3.05, 3.63) is 34.0 Å². The highest BCUT2D eigenvalue weighted by molar-refractivity contribution is 9.10. The van der Waals surface area contributed by atoms with E-state index in [2.05, 4.69) is 20.9 Å². The van der Waals surface area contributed by atoms with Crippen LogP contribution in [0.5, 0.6) is 0 Å². The van der Waals surface area contributed by atoms with E-state index in [4.69, 9.17) is 16.2 Å². The fourth-order valence-electron chi connectivity index (χ4n) is 1.40. The number of fused-ring (bicyclic) bond motifs is 1. The van der Waals surface area contributed by atoms with E-state index in [1.165, 1.54) is 18.3 Å². The predicted molar refractivity (Wildman–Crippen MR) is 64.3 cm³/mol. The third-order valence-corrected chi connectivity index (χ3v) is 3.69. The molecule has 4 nitrogen and oxygen atoms in total. The molecule has 0 spiro atoms. The third kappa shape index (κ3) is 2.06. The number of benzene rings is 1. The van der Waals surface area contributed by atoms with Crippen molar-refractivity contribution in [2.75, 3.05) is 0 Å². The van der Waals surface area contributed by atoms with E-state index >= 15 is 0 Å². The molecule has 84 valence electrons. The Balaban J connectivity index is 3.01. The van der Waals surface area contributed by atoms with Crippen molar-refractivity contribution in [2.45, 2.75) is 4.90 Å². The molecule has 0 amide bonds. The minimum atomic E-state index is -4.29. The first-order valence-electron chi connectivity index (χ1n) is 4.11. The summed E-state index contributed by atoms with van der Waals surface area (Å²) in [6.45, 7) is 0. The SMILES string of the molecule is O=S(=O)(O)c1cc(Br)cc2c(Cl)nccc12. The smallest absolute Gasteiger partial charge is 0.282 e. The Bertz CT molecular complexity index is 672. The Morgan fingerprint density at radius 1 is 1.31 bits per heavy atom. The minimum absolute atomic E-state index is 0.184. The predicted octanol–water partition coefficient (Wildman–Crippen LogP) is 2.90. The second-order valence-electron chi connectivity index (χ2n) is 3.08. The monoisotopic (exact) mass is 321 g/mol. The van der Waals surface area contributed by atoms with Crippen LogP contribution in [0.25, 0.3) is 10.8 Å². The van der Waals surface area contributed by atoms with Gasteiger partial charge >= 0.3 is 0 Å². The summed E-state index contributed by atoms with van der Waals surface area (Å²) in [5.74, 6) is 0. The summed E-state index contributed by atoms with van der Waals surface area (Å²) in [6.07, 6.45) is 1.38. The minimum Gasteiger partial charge on any atom is -0.282 e. The molecule has 16 heavy (non-hydrogen) atoms. The van der Waals surface area contributed by atoms with Crippen molar-refractivity contribution >= 4 is 48.4 Å². The van der Waals surface area contributed by atoms with Gasteiger partial charge in [0.05, 0.1) is 0 Å². The topological polar surface area (TPSA) is 67.3 Å². The number of hydrogen-bond acceptors (Lipinski definition) is 3. The molecule has 0 aliphatic rings. The van der Waals surface area contributed by atoms with Crippen LogP contribution in [0.1, 0.15) is 0 Å². The van der Waals surface area contributed by atoms with Crippen LogP contribution in [0.3, 0.4) is 0 Å². The molecule has 0 unspecified atom stereocenters. The number of rotatable bonds is 1. The summed E-state index contributed by atoms with van der Waals surface area (Å²) >= 11 is 8.99. The zero-order chi connectivity index (χ0) is 11.9. The molecule has 1 N–H and O–H groups in total. The van der Waals surface area contributed by atoms with Gasteiger partial charge in [0, 0.05) is 21.4 Å². The molecule has 2 aromatic rings. The van der Waals surface area contributed by atoms with Gasteiger partial charge in [-0.15, -0.1) is 0 Å². The van der Waals surface area contributed by atoms with E-state index in [0.29, 0.717) is 15.2 Å². The Hall–Kier alpha value is -0.690. The molecule has 0 aliphatic heterocycles. The number of halogens is 2. The van der Waals surface area contributed by atoms with Crippen molar-refractivity contribution in [1.29, 1.82) is 0 Å². The Morgan fingerprint density at radius 3 is 2.62 bits per heavy atom. The molecule has 1 aromatic heterocycles. The van der Waals surface area contributed by atoms with E-state index in [1.807, 2.05) is 0 Å². The molecule has 0 bridgehead atoms. The molecule has 1 aromatic carbocycles. The van der Waals surface area contributed by atoms with Gasteiger partial charge in [-0.05, 0) is 18.2 Å². The second-order valence-corrected chi connectivity index (χ2v) is 5.74. The van der Waals surface area contributed by atoms with Crippen LogP contribution < -0.4 is 0 Å². The largest absolute Gasteiger partial charge is 0.295 e. The first-order valence-corrected chi connectivity index (χ1v) is 6.72. The summed E-state index contributed by atoms with van der Waals surface area (Å²) in [4.78, 5) is 3.65. The number of hydrogen-bond donors (Lipinski definition) is 1. The van der Waals surface area contributed by atoms with Gasteiger partial charge in [0.1, 0.15) is 10.0 Å². The number of aromatic nitrogens is 1. The van der Waals surface area contributed by atoms with Gasteiger partial charge < -0.3 is 0 Å². The van der Waals surface area contributed by atoms with Crippen molar-refractivity contribution in [3.8, 4) is 0 Å². The first-order chi connectivity index (χ1) is 7.39. The Morgan fingerprint density at radius 2 is 2.00 bits per heavy atom. The molecule has 0 aliphatic carbocycles. The molecule has 0 radical (unpaired) electrons. The van der Waals surface area contributed by atoms with Crippen molar-refractivity contribution in [2.24, 2.45) is 0 Å². The molecule has 7 heteroatoms. The summed E-state index contributed by atoms with van der Waals surface area (Å²) in [5, 5.41) is 0.987. The fraction of sp³-hybridized carbons (Fsp3) is 0. The fourth-order valence-corrected chi connectivity index (χ4v) is 2.95. The van der Waals surface area contributed by atoms with Crippen LogP contribution in [-0.2, 0) is 10.1 Å². The molecule has 0 saturated heterocycles. The molecule has 2 rings (SSSR count). The lowest BCUT2D eigenvalue weighted by atomic mass is 10.2. The molecule has 0 atom stereocenters. The van der Waals surface area contributed by atoms with Gasteiger partial charge in [-0.3, -0.25) is 4.55 Å². The van der Waals surface area contributed by atoms with E-state index < -0.39 is 10.1 Å². The van der Waals surface area contributed by atoms with Crippen molar-refractivity contribution in [1.82, 2.24) is 4.98 Å². The highest BCUT2D eigenvalue weighted by Crippen LogP contribution is 2.30. The summed E-state index contributed by atoms with van der Waals surface area (Å²) in [5.41, 5.74) is 0. The van der Waals surface area contributed by atoms with Crippen molar-refractivity contribution in [3.63, 3.8) is 0 Å². The highest BCUT2D eigenvalue weighted by Gasteiger charge is 2.16. The Kier molecular flexibility index (Phi) is 2.91. The van der Waals surface area contributed by atoms with Crippen molar-refractivity contribution < 1.29 is 13.0 Å². The second kappa shape index (κ2) is 3.96. The van der Waals surface area contributed by atoms with Gasteiger partial charge in [-0.1, -0.05) is 27.5 Å². The van der Waals surface area contributed by atoms with E-state index in [9.17, 15) is 8.42 Å². The van der Waals surface area contributed by atoms with Crippen LogP contribution in [0.2, 0.25) is 5.15 Å². The highest BCUT2D eigenvalue weighted by atomic mass is 79.9. The zero-order valence-corrected chi connectivity index (χ0v) is 10.8. The van der Waals surface area contributed by atoms with Crippen LogP contribution in [0.15, 0.2) is 33.8 Å². The Labute approximate surface area is 105 Å². The van der Waals surface area contributed by atoms with Gasteiger partial charge in [0.2, 0.25) is 0 Å². The number of nitrogens with zero attached hydrogens (tertiary/aromatic N) is 1.